The molecule has 0 aliphatic heterocycles. The van der Waals surface area contributed by atoms with Crippen LogP contribution in [0, 0.1) is 0 Å². The average molecular weight is 539 g/mol. The van der Waals surface area contributed by atoms with Gasteiger partial charge in [-0.1, -0.05) is 42.5 Å². The van der Waals surface area contributed by atoms with Crippen molar-refractivity contribution in [1.82, 2.24) is 0 Å². The first kappa shape index (κ1) is 34.3. The van der Waals surface area contributed by atoms with E-state index in [-0.39, 0.29) is 126 Å². The van der Waals surface area contributed by atoms with Gasteiger partial charge in [0.25, 0.3) is 20.2 Å². The molecule has 3 aromatic rings. The van der Waals surface area contributed by atoms with Crippen LogP contribution in [0.4, 0.5) is 0 Å². The van der Waals surface area contributed by atoms with Crippen molar-refractivity contribution in [2.75, 3.05) is 0 Å². The van der Waals surface area contributed by atoms with Crippen LogP contribution in [0.5, 0.6) is 0 Å². The van der Waals surface area contributed by atoms with E-state index in [4.69, 9.17) is 9.11 Å². The van der Waals surface area contributed by atoms with Gasteiger partial charge in [0.15, 0.2) is 0 Å². The number of hydrogen-bond acceptors (Lipinski definition) is 4. The molecule has 0 aromatic heterocycles. The quantitative estimate of drug-likeness (QED) is 0.193. The van der Waals surface area contributed by atoms with E-state index in [1.54, 1.807) is 24.3 Å². The molecule has 3 rings (SSSR count). The summed E-state index contributed by atoms with van der Waals surface area (Å²) in [6.45, 7) is 0. The summed E-state index contributed by atoms with van der Waals surface area (Å²) in [5.74, 6) is 0. The minimum absolute atomic E-state index is 0. The predicted octanol–water partition coefficient (Wildman–Crippen LogP) is -4.40. The summed E-state index contributed by atoms with van der Waals surface area (Å²) in [6, 6.07) is 17.1. The Labute approximate surface area is 271 Å². The van der Waals surface area contributed by atoms with Crippen molar-refractivity contribution in [3.05, 3.63) is 66.7 Å². The van der Waals surface area contributed by atoms with Crippen molar-refractivity contribution in [1.29, 1.82) is 0 Å². The van der Waals surface area contributed by atoms with E-state index in [0.717, 1.165) is 27.6 Å². The Bertz CT molecular complexity index is 1230. The van der Waals surface area contributed by atoms with Gasteiger partial charge in [-0.2, -0.15) is 16.8 Å². The molecule has 0 radical (unpaired) electrons. The molecule has 0 bridgehead atoms. The van der Waals surface area contributed by atoms with E-state index in [0.29, 0.717) is 0 Å². The van der Waals surface area contributed by atoms with Crippen molar-refractivity contribution < 1.29 is 143 Å². The molecule has 0 aliphatic carbocycles. The SMILES string of the molecule is O.O.O=S(=O)(O)c1ccc(-c2cccc(P)c2-c2ccc(S(=O)(=O)O)cc2)cc1.[H-].[H-].[K+].[K+]. The standard InChI is InChI=1S/C18H15O6PS2.2K.2H2O.2H/c19-26(20,21)14-8-4-12(5-9-14)16-2-1-3-17(25)18(16)13-6-10-15(11-7-13)27(22,23)24;;;;;;/h1-11H,25H2,(H,19,20,21)(H,22,23,24);;;2*1H2;;/q;2*+1;;;2*-1. The topological polar surface area (TPSA) is 172 Å². The third kappa shape index (κ3) is 8.68. The zero-order valence-electron chi connectivity index (χ0n) is 18.8. The summed E-state index contributed by atoms with van der Waals surface area (Å²) in [4.78, 5) is -0.404. The van der Waals surface area contributed by atoms with E-state index < -0.39 is 20.2 Å². The van der Waals surface area contributed by atoms with Gasteiger partial charge in [0, 0.05) is 0 Å². The van der Waals surface area contributed by atoms with Gasteiger partial charge in [-0.3, -0.25) is 9.11 Å². The smallest absolute Gasteiger partial charge is 1.00 e. The van der Waals surface area contributed by atoms with Gasteiger partial charge in [0.1, 0.15) is 0 Å². The van der Waals surface area contributed by atoms with Crippen LogP contribution in [0.2, 0.25) is 0 Å². The fourth-order valence-electron chi connectivity index (χ4n) is 2.73. The van der Waals surface area contributed by atoms with Crippen LogP contribution in [0.3, 0.4) is 0 Å². The van der Waals surface area contributed by atoms with Crippen molar-refractivity contribution in [3.8, 4) is 22.3 Å². The molecule has 3 aromatic carbocycles. The van der Waals surface area contributed by atoms with E-state index in [1.807, 2.05) is 18.2 Å². The molecule has 0 amide bonds. The molecular weight excluding hydrogens is 517 g/mol. The van der Waals surface area contributed by atoms with Gasteiger partial charge in [-0.25, -0.2) is 0 Å². The molecule has 0 spiro atoms. The second-order valence-corrected chi connectivity index (χ2v) is 9.23. The number of hydrogen-bond donors (Lipinski definition) is 2. The fourth-order valence-corrected chi connectivity index (χ4v) is 4.13. The van der Waals surface area contributed by atoms with Gasteiger partial charge in [-0.15, -0.1) is 9.24 Å². The monoisotopic (exact) mass is 538 g/mol. The number of benzene rings is 3. The van der Waals surface area contributed by atoms with Gasteiger partial charge in [0.05, 0.1) is 9.79 Å². The van der Waals surface area contributed by atoms with Crippen molar-refractivity contribution in [2.24, 2.45) is 0 Å². The van der Waals surface area contributed by atoms with Crippen LogP contribution in [-0.2, 0) is 20.2 Å². The molecule has 160 valence electrons. The molecule has 1 unspecified atom stereocenters. The normalized spacial score (nSPS) is 10.5. The average Bonchev–Trinajstić information content (AvgIpc) is 2.60. The molecule has 6 N–H and O–H groups in total. The minimum Gasteiger partial charge on any atom is -1.00 e. The van der Waals surface area contributed by atoms with E-state index in [9.17, 15) is 16.8 Å². The maximum Gasteiger partial charge on any atom is 1.00 e. The van der Waals surface area contributed by atoms with Crippen LogP contribution in [0.1, 0.15) is 2.85 Å². The van der Waals surface area contributed by atoms with Gasteiger partial charge < -0.3 is 13.8 Å². The molecular formula is C18H21K2O8PS2. The first-order valence-electron chi connectivity index (χ1n) is 7.62. The van der Waals surface area contributed by atoms with Crippen molar-refractivity contribution in [2.45, 2.75) is 9.79 Å². The maximum atomic E-state index is 11.2. The Kier molecular flexibility index (Phi) is 15.3. The molecule has 0 heterocycles. The van der Waals surface area contributed by atoms with Crippen LogP contribution >= 0.6 is 9.24 Å². The second-order valence-electron chi connectivity index (χ2n) is 5.77. The first-order chi connectivity index (χ1) is 12.6. The van der Waals surface area contributed by atoms with E-state index >= 15 is 0 Å². The van der Waals surface area contributed by atoms with Crippen LogP contribution < -0.4 is 108 Å². The molecule has 0 saturated heterocycles. The van der Waals surface area contributed by atoms with Gasteiger partial charge in [0.2, 0.25) is 0 Å². The van der Waals surface area contributed by atoms with Gasteiger partial charge in [-0.05, 0) is 51.8 Å². The van der Waals surface area contributed by atoms with Crippen LogP contribution in [-0.4, -0.2) is 36.9 Å². The summed E-state index contributed by atoms with van der Waals surface area (Å²) in [6.07, 6.45) is 0. The maximum absolute atomic E-state index is 11.2. The number of rotatable bonds is 4. The van der Waals surface area contributed by atoms with Crippen molar-refractivity contribution >= 4 is 34.8 Å². The largest absolute Gasteiger partial charge is 1.00 e. The van der Waals surface area contributed by atoms with Crippen LogP contribution in [0.15, 0.2) is 76.5 Å². The zero-order valence-corrected chi connectivity index (χ0v) is 25.8. The Morgan fingerprint density at radius 3 is 1.42 bits per heavy atom. The zero-order chi connectivity index (χ0) is 19.8. The van der Waals surface area contributed by atoms with Crippen LogP contribution in [0.25, 0.3) is 22.3 Å². The van der Waals surface area contributed by atoms with E-state index in [1.165, 1.54) is 24.3 Å². The Morgan fingerprint density at radius 2 is 1.03 bits per heavy atom. The minimum atomic E-state index is -4.28. The molecule has 13 heteroatoms. The second kappa shape index (κ2) is 13.9. The molecule has 1 atom stereocenters. The molecule has 0 aliphatic rings. The Morgan fingerprint density at radius 1 is 0.645 bits per heavy atom. The van der Waals surface area contributed by atoms with Gasteiger partial charge >= 0.3 is 103 Å². The third-order valence-electron chi connectivity index (χ3n) is 4.00. The molecule has 8 nitrogen and oxygen atoms in total. The van der Waals surface area contributed by atoms with Crippen molar-refractivity contribution in [3.63, 3.8) is 0 Å². The molecule has 0 fully saturated rings. The molecule has 0 saturated carbocycles. The Hall–Kier alpha value is 1.10. The Balaban J connectivity index is -0.000000701. The summed E-state index contributed by atoms with van der Waals surface area (Å²) in [7, 11) is -5.95. The summed E-state index contributed by atoms with van der Waals surface area (Å²) in [5, 5.41) is 0.853. The summed E-state index contributed by atoms with van der Waals surface area (Å²) >= 11 is 0. The van der Waals surface area contributed by atoms with E-state index in [2.05, 4.69) is 9.24 Å². The first-order valence-corrected chi connectivity index (χ1v) is 11.1. The fraction of sp³-hybridized carbons (Fsp3) is 0. The predicted molar refractivity (Wildman–Crippen MR) is 116 cm³/mol. The summed E-state index contributed by atoms with van der Waals surface area (Å²) < 4.78 is 63.1. The third-order valence-corrected chi connectivity index (χ3v) is 6.22. The molecule has 31 heavy (non-hydrogen) atoms. The summed E-state index contributed by atoms with van der Waals surface area (Å²) in [5.41, 5.74) is 3.05.